The number of carbonyl (C=O) groups is 2. The Morgan fingerprint density at radius 1 is 1.22 bits per heavy atom. The second-order valence-corrected chi connectivity index (χ2v) is 4.51. The van der Waals surface area contributed by atoms with Crippen molar-refractivity contribution in [1.29, 1.82) is 0 Å². The fourth-order valence-corrected chi connectivity index (χ4v) is 1.33. The average Bonchev–Trinajstić information content (AvgIpc) is 2.25. The van der Waals surface area contributed by atoms with Crippen molar-refractivity contribution >= 4 is 12.0 Å². The van der Waals surface area contributed by atoms with Crippen LogP contribution in [-0.4, -0.2) is 66.4 Å². The fourth-order valence-electron chi connectivity index (χ4n) is 1.33. The maximum Gasteiger partial charge on any atom is 0.326 e. The van der Waals surface area contributed by atoms with Crippen LogP contribution in [0.4, 0.5) is 4.79 Å². The van der Waals surface area contributed by atoms with Crippen molar-refractivity contribution in [2.24, 2.45) is 0 Å². The van der Waals surface area contributed by atoms with Crippen LogP contribution in [0.3, 0.4) is 0 Å². The highest BCUT2D eigenvalue weighted by Crippen LogP contribution is 1.94. The van der Waals surface area contributed by atoms with Crippen LogP contribution >= 0.6 is 0 Å². The smallest absolute Gasteiger partial charge is 0.326 e. The maximum atomic E-state index is 11.5. The molecule has 0 saturated carbocycles. The molecule has 0 aromatic rings. The minimum absolute atomic E-state index is 0.00513. The molecule has 2 unspecified atom stereocenters. The van der Waals surface area contributed by atoms with Crippen LogP contribution in [0, 0.1) is 0 Å². The van der Waals surface area contributed by atoms with Gasteiger partial charge in [-0.25, -0.2) is 9.59 Å². The summed E-state index contributed by atoms with van der Waals surface area (Å²) in [6.07, 6.45) is 0.771. The van der Waals surface area contributed by atoms with E-state index in [4.69, 9.17) is 10.2 Å². The van der Waals surface area contributed by atoms with E-state index >= 15 is 0 Å². The summed E-state index contributed by atoms with van der Waals surface area (Å²) in [4.78, 5) is 24.3. The Balaban J connectivity index is 4.03. The molecule has 0 spiro atoms. The van der Waals surface area contributed by atoms with Gasteiger partial charge in [-0.2, -0.15) is 0 Å². The number of nitrogens with one attached hydrogen (secondary N) is 2. The highest BCUT2D eigenvalue weighted by atomic mass is 16.4. The molecule has 0 aromatic carbocycles. The average molecular weight is 261 g/mol. The van der Waals surface area contributed by atoms with Crippen LogP contribution in [0.25, 0.3) is 0 Å². The van der Waals surface area contributed by atoms with Crippen molar-refractivity contribution in [2.75, 3.05) is 27.2 Å². The topological polar surface area (TPSA) is 102 Å². The number of carboxylic acid groups (broad SMARTS) is 1. The largest absolute Gasteiger partial charge is 0.480 e. The van der Waals surface area contributed by atoms with Gasteiger partial charge < -0.3 is 25.7 Å². The number of hydrogen-bond donors (Lipinski definition) is 4. The van der Waals surface area contributed by atoms with Crippen LogP contribution in [0.2, 0.25) is 0 Å². The lowest BCUT2D eigenvalue weighted by Gasteiger charge is -2.19. The van der Waals surface area contributed by atoms with E-state index in [2.05, 4.69) is 10.6 Å². The molecule has 0 heterocycles. The molecular weight excluding hydrogens is 238 g/mol. The zero-order valence-corrected chi connectivity index (χ0v) is 11.1. The van der Waals surface area contributed by atoms with Gasteiger partial charge in [0, 0.05) is 19.1 Å². The molecule has 0 aliphatic heterocycles. The van der Waals surface area contributed by atoms with Gasteiger partial charge in [0.1, 0.15) is 6.04 Å². The molecule has 0 rings (SSSR count). The molecule has 0 radical (unpaired) electrons. The minimum atomic E-state index is -1.15. The summed E-state index contributed by atoms with van der Waals surface area (Å²) in [5.74, 6) is -1.15. The first kappa shape index (κ1) is 16.7. The van der Waals surface area contributed by atoms with Crippen LogP contribution in [0.1, 0.15) is 19.8 Å². The zero-order chi connectivity index (χ0) is 14.1. The monoisotopic (exact) mass is 261 g/mol. The highest BCUT2D eigenvalue weighted by molar-refractivity contribution is 5.82. The van der Waals surface area contributed by atoms with Crippen molar-refractivity contribution < 1.29 is 19.8 Å². The molecule has 7 heteroatoms. The standard InChI is InChI=1S/C11H23N3O4/c1-8(4-6-14(2)3)12-11(18)13-9(5-7-15)10(16)17/h8-9,15H,4-7H2,1-3H3,(H,16,17)(H2,12,13,18). The molecule has 0 fully saturated rings. The first-order chi connectivity index (χ1) is 8.36. The second kappa shape index (κ2) is 8.71. The Kier molecular flexibility index (Phi) is 8.06. The first-order valence-corrected chi connectivity index (χ1v) is 5.92. The predicted molar refractivity (Wildman–Crippen MR) is 67.4 cm³/mol. The van der Waals surface area contributed by atoms with Gasteiger partial charge in [-0.1, -0.05) is 0 Å². The number of amides is 2. The lowest BCUT2D eigenvalue weighted by atomic mass is 10.2. The number of rotatable bonds is 8. The van der Waals surface area contributed by atoms with Gasteiger partial charge >= 0.3 is 12.0 Å². The van der Waals surface area contributed by atoms with E-state index in [9.17, 15) is 9.59 Å². The van der Waals surface area contributed by atoms with E-state index in [0.717, 1.165) is 13.0 Å². The Bertz CT molecular complexity index is 271. The predicted octanol–water partition coefficient (Wildman–Crippen LogP) is -0.539. The van der Waals surface area contributed by atoms with E-state index in [0.29, 0.717) is 0 Å². The van der Waals surface area contributed by atoms with E-state index in [-0.39, 0.29) is 19.1 Å². The number of aliphatic hydroxyl groups excluding tert-OH is 1. The fraction of sp³-hybridized carbons (Fsp3) is 0.818. The molecule has 18 heavy (non-hydrogen) atoms. The molecule has 0 bridgehead atoms. The van der Waals surface area contributed by atoms with Gasteiger partial charge in [-0.05, 0) is 34.0 Å². The Morgan fingerprint density at radius 3 is 2.28 bits per heavy atom. The molecule has 4 N–H and O–H groups in total. The molecule has 2 atom stereocenters. The number of hydrogen-bond acceptors (Lipinski definition) is 4. The molecule has 7 nitrogen and oxygen atoms in total. The summed E-state index contributed by atoms with van der Waals surface area (Å²) < 4.78 is 0. The SMILES string of the molecule is CC(CCN(C)C)NC(=O)NC(CCO)C(=O)O. The van der Waals surface area contributed by atoms with Gasteiger partial charge in [0.2, 0.25) is 0 Å². The van der Waals surface area contributed by atoms with Crippen LogP contribution in [-0.2, 0) is 4.79 Å². The Morgan fingerprint density at radius 2 is 1.83 bits per heavy atom. The van der Waals surface area contributed by atoms with E-state index < -0.39 is 18.0 Å². The molecule has 2 amide bonds. The van der Waals surface area contributed by atoms with Gasteiger partial charge in [0.15, 0.2) is 0 Å². The van der Waals surface area contributed by atoms with Gasteiger partial charge in [0.25, 0.3) is 0 Å². The number of carbonyl (C=O) groups excluding carboxylic acids is 1. The third-order valence-corrected chi connectivity index (χ3v) is 2.41. The van der Waals surface area contributed by atoms with Crippen molar-refractivity contribution in [3.63, 3.8) is 0 Å². The maximum absolute atomic E-state index is 11.5. The van der Waals surface area contributed by atoms with E-state index in [1.165, 1.54) is 0 Å². The van der Waals surface area contributed by atoms with Crippen LogP contribution in [0.5, 0.6) is 0 Å². The summed E-state index contributed by atoms with van der Waals surface area (Å²) in [6, 6.07) is -1.63. The van der Waals surface area contributed by atoms with E-state index in [1.54, 1.807) is 0 Å². The van der Waals surface area contributed by atoms with E-state index in [1.807, 2.05) is 25.9 Å². The van der Waals surface area contributed by atoms with Gasteiger partial charge in [0.05, 0.1) is 0 Å². The minimum Gasteiger partial charge on any atom is -0.480 e. The number of urea groups is 1. The summed E-state index contributed by atoms with van der Waals surface area (Å²) in [6.45, 7) is 2.40. The molecule has 0 aliphatic rings. The number of aliphatic hydroxyl groups is 1. The second-order valence-electron chi connectivity index (χ2n) is 4.51. The van der Waals surface area contributed by atoms with Crippen molar-refractivity contribution in [3.05, 3.63) is 0 Å². The third kappa shape index (κ3) is 7.86. The van der Waals surface area contributed by atoms with Gasteiger partial charge in [-0.15, -0.1) is 0 Å². The van der Waals surface area contributed by atoms with Gasteiger partial charge in [-0.3, -0.25) is 0 Å². The normalized spacial score (nSPS) is 14.1. The lowest BCUT2D eigenvalue weighted by Crippen LogP contribution is -2.49. The zero-order valence-electron chi connectivity index (χ0n) is 11.1. The highest BCUT2D eigenvalue weighted by Gasteiger charge is 2.19. The molecule has 0 saturated heterocycles. The number of nitrogens with zero attached hydrogens (tertiary/aromatic N) is 1. The number of carboxylic acids is 1. The van der Waals surface area contributed by atoms with Crippen LogP contribution in [0.15, 0.2) is 0 Å². The molecule has 0 aromatic heterocycles. The Hall–Kier alpha value is -1.34. The summed E-state index contributed by atoms with van der Waals surface area (Å²) in [5.41, 5.74) is 0. The quantitative estimate of drug-likeness (QED) is 0.470. The first-order valence-electron chi connectivity index (χ1n) is 5.92. The van der Waals surface area contributed by atoms with Crippen molar-refractivity contribution in [1.82, 2.24) is 15.5 Å². The van der Waals surface area contributed by atoms with Crippen LogP contribution < -0.4 is 10.6 Å². The summed E-state index contributed by atoms with van der Waals surface area (Å²) in [7, 11) is 3.88. The van der Waals surface area contributed by atoms with Crippen molar-refractivity contribution in [3.8, 4) is 0 Å². The summed E-state index contributed by atoms with van der Waals surface area (Å²) in [5, 5.41) is 22.5. The Labute approximate surface area is 107 Å². The number of aliphatic carboxylic acids is 1. The molecule has 0 aliphatic carbocycles. The molecular formula is C11H23N3O4. The molecule has 106 valence electrons. The third-order valence-electron chi connectivity index (χ3n) is 2.41. The van der Waals surface area contributed by atoms with Crippen molar-refractivity contribution in [2.45, 2.75) is 31.8 Å². The lowest BCUT2D eigenvalue weighted by molar-refractivity contribution is -0.139. The summed E-state index contributed by atoms with van der Waals surface area (Å²) >= 11 is 0.